The van der Waals surface area contributed by atoms with Crippen molar-refractivity contribution in [1.82, 2.24) is 25.0 Å². The number of aromatic nitrogens is 1. The lowest BCUT2D eigenvalue weighted by molar-refractivity contribution is 0.0966. The molecule has 0 unspecified atom stereocenters. The number of H-pyrrole nitrogens is 1. The van der Waals surface area contributed by atoms with Crippen LogP contribution < -0.4 is 10.1 Å². The number of nitrogens with zero attached hydrogens (tertiary/aromatic N) is 3. The number of benzene rings is 2. The summed E-state index contributed by atoms with van der Waals surface area (Å²) >= 11 is 6.77. The predicted octanol–water partition coefficient (Wildman–Crippen LogP) is 4.73. The number of nitrogens with one attached hydrogen (secondary N) is 2. The third-order valence-corrected chi connectivity index (χ3v) is 8.70. The molecule has 202 valence electrons. The highest BCUT2D eigenvalue weighted by Crippen LogP contribution is 2.41. The molecule has 4 heterocycles. The van der Waals surface area contributed by atoms with Gasteiger partial charge in [-0.25, -0.2) is 0 Å². The van der Waals surface area contributed by atoms with Gasteiger partial charge in [0.2, 0.25) is 0 Å². The maximum absolute atomic E-state index is 12.8. The van der Waals surface area contributed by atoms with Crippen molar-refractivity contribution >= 4 is 28.4 Å². The summed E-state index contributed by atoms with van der Waals surface area (Å²) in [5.41, 5.74) is 5.64. The largest absolute Gasteiger partial charge is 0.492 e. The third-order valence-electron chi connectivity index (χ3n) is 8.28. The van der Waals surface area contributed by atoms with Gasteiger partial charge in [-0.05, 0) is 69.2 Å². The summed E-state index contributed by atoms with van der Waals surface area (Å²) in [6, 6.07) is 10.7. The zero-order valence-electron chi connectivity index (χ0n) is 22.3. The molecule has 0 spiro atoms. The fourth-order valence-electron chi connectivity index (χ4n) is 6.03. The second-order valence-electron chi connectivity index (χ2n) is 11.1. The number of ether oxygens (including phenoxy) is 1. The van der Waals surface area contributed by atoms with Crippen LogP contribution in [0.4, 0.5) is 0 Å². The van der Waals surface area contributed by atoms with Crippen molar-refractivity contribution in [2.24, 2.45) is 0 Å². The van der Waals surface area contributed by atoms with Gasteiger partial charge < -0.3 is 24.8 Å². The van der Waals surface area contributed by atoms with E-state index in [1.165, 1.54) is 37.9 Å². The molecule has 0 atom stereocenters. The predicted molar refractivity (Wildman–Crippen MR) is 153 cm³/mol. The maximum atomic E-state index is 12.8. The highest BCUT2D eigenvalue weighted by Gasteiger charge is 2.29. The summed E-state index contributed by atoms with van der Waals surface area (Å²) in [5.74, 6) is 0.572. The Morgan fingerprint density at radius 2 is 1.79 bits per heavy atom. The zero-order valence-corrected chi connectivity index (χ0v) is 23.1. The number of piperazine rings is 1. The van der Waals surface area contributed by atoms with Gasteiger partial charge in [0, 0.05) is 73.5 Å². The molecule has 38 heavy (non-hydrogen) atoms. The van der Waals surface area contributed by atoms with E-state index < -0.39 is 0 Å². The lowest BCUT2D eigenvalue weighted by Crippen LogP contribution is -2.44. The Morgan fingerprint density at radius 3 is 2.61 bits per heavy atom. The minimum atomic E-state index is -0.0806. The summed E-state index contributed by atoms with van der Waals surface area (Å²) in [5, 5.41) is 4.66. The van der Waals surface area contributed by atoms with Crippen LogP contribution in [-0.2, 0) is 13.1 Å². The SMILES string of the molecule is CN1CCN(CCCOc2cc(-c3cc4cc(CN5CCCCC5)ccc4[nH]3)c3c(c2Cl)CNC3=O)CC1. The second-order valence-corrected chi connectivity index (χ2v) is 11.4. The number of fused-ring (bicyclic) bond motifs is 2. The smallest absolute Gasteiger partial charge is 0.252 e. The van der Waals surface area contributed by atoms with Crippen molar-refractivity contribution < 1.29 is 9.53 Å². The first-order valence-corrected chi connectivity index (χ1v) is 14.4. The molecule has 2 fully saturated rings. The van der Waals surface area contributed by atoms with Gasteiger partial charge in [0.15, 0.2) is 0 Å². The number of carbonyl (C=O) groups excluding carboxylic acids is 1. The molecule has 3 aliphatic heterocycles. The molecule has 2 saturated heterocycles. The van der Waals surface area contributed by atoms with E-state index in [4.69, 9.17) is 16.3 Å². The topological polar surface area (TPSA) is 63.8 Å². The Morgan fingerprint density at radius 1 is 0.974 bits per heavy atom. The van der Waals surface area contributed by atoms with E-state index in [-0.39, 0.29) is 5.91 Å². The number of aromatic amines is 1. The molecule has 3 aromatic rings. The molecule has 2 aromatic carbocycles. The van der Waals surface area contributed by atoms with E-state index in [2.05, 4.69) is 56.3 Å². The lowest BCUT2D eigenvalue weighted by Gasteiger charge is -2.32. The lowest BCUT2D eigenvalue weighted by atomic mass is 9.99. The monoisotopic (exact) mass is 535 g/mol. The van der Waals surface area contributed by atoms with Gasteiger partial charge in [-0.15, -0.1) is 0 Å². The maximum Gasteiger partial charge on any atom is 0.252 e. The van der Waals surface area contributed by atoms with Gasteiger partial charge >= 0.3 is 0 Å². The highest BCUT2D eigenvalue weighted by atomic mass is 35.5. The molecule has 3 aliphatic rings. The van der Waals surface area contributed by atoms with Crippen LogP contribution in [0.15, 0.2) is 30.3 Å². The average molecular weight is 536 g/mol. The van der Waals surface area contributed by atoms with Crippen molar-refractivity contribution in [3.63, 3.8) is 0 Å². The third kappa shape index (κ3) is 5.43. The molecular weight excluding hydrogens is 498 g/mol. The quantitative estimate of drug-likeness (QED) is 0.408. The van der Waals surface area contributed by atoms with Gasteiger partial charge in [-0.2, -0.15) is 0 Å². The van der Waals surface area contributed by atoms with Crippen LogP contribution in [0.25, 0.3) is 22.2 Å². The van der Waals surface area contributed by atoms with E-state index >= 15 is 0 Å². The molecule has 8 heteroatoms. The van der Waals surface area contributed by atoms with Crippen LogP contribution in [-0.4, -0.2) is 85.1 Å². The first-order chi connectivity index (χ1) is 18.5. The number of likely N-dealkylation sites (N-methyl/N-ethyl adjacent to an activating group) is 1. The fourth-order valence-corrected chi connectivity index (χ4v) is 6.30. The molecule has 1 amide bonds. The normalized spacial score (nSPS) is 19.2. The number of halogens is 1. The van der Waals surface area contributed by atoms with Crippen molar-refractivity contribution in [3.8, 4) is 17.0 Å². The van der Waals surface area contributed by atoms with E-state index in [9.17, 15) is 4.79 Å². The van der Waals surface area contributed by atoms with Crippen molar-refractivity contribution in [2.45, 2.75) is 38.8 Å². The molecule has 0 aliphatic carbocycles. The minimum Gasteiger partial charge on any atom is -0.492 e. The fraction of sp³-hybridized carbons (Fsp3) is 0.500. The number of rotatable bonds is 8. The van der Waals surface area contributed by atoms with Crippen LogP contribution in [0.3, 0.4) is 0 Å². The molecule has 0 radical (unpaired) electrons. The number of amides is 1. The van der Waals surface area contributed by atoms with Gasteiger partial charge in [0.05, 0.1) is 17.2 Å². The van der Waals surface area contributed by atoms with Gasteiger partial charge in [-0.1, -0.05) is 24.1 Å². The van der Waals surface area contributed by atoms with E-state index in [1.54, 1.807) is 0 Å². The van der Waals surface area contributed by atoms with Gasteiger partial charge in [-0.3, -0.25) is 9.69 Å². The Balaban J connectivity index is 1.21. The summed E-state index contributed by atoms with van der Waals surface area (Å²) in [7, 11) is 2.18. The Hall–Kier alpha value is -2.58. The van der Waals surface area contributed by atoms with Crippen LogP contribution in [0, 0.1) is 0 Å². The van der Waals surface area contributed by atoms with Crippen molar-refractivity contribution in [2.75, 3.05) is 59.5 Å². The summed E-state index contributed by atoms with van der Waals surface area (Å²) in [6.07, 6.45) is 4.87. The van der Waals surface area contributed by atoms with Crippen molar-refractivity contribution in [1.29, 1.82) is 0 Å². The first-order valence-electron chi connectivity index (χ1n) is 14.1. The van der Waals surface area contributed by atoms with Crippen LogP contribution >= 0.6 is 11.6 Å². The average Bonchev–Trinajstić information content (AvgIpc) is 3.53. The van der Waals surface area contributed by atoms with Crippen LogP contribution in [0.5, 0.6) is 5.75 Å². The Bertz CT molecular complexity index is 1310. The summed E-state index contributed by atoms with van der Waals surface area (Å²) in [4.78, 5) is 23.8. The van der Waals surface area contributed by atoms with Crippen LogP contribution in [0.2, 0.25) is 5.02 Å². The molecule has 7 nitrogen and oxygen atoms in total. The number of piperidine rings is 1. The first kappa shape index (κ1) is 25.7. The minimum absolute atomic E-state index is 0.0806. The molecular formula is C30H38ClN5O2. The Labute approximate surface area is 230 Å². The molecule has 1 aromatic heterocycles. The zero-order chi connectivity index (χ0) is 26.1. The Kier molecular flexibility index (Phi) is 7.61. The molecule has 2 N–H and O–H groups in total. The number of hydrogen-bond acceptors (Lipinski definition) is 5. The highest BCUT2D eigenvalue weighted by molar-refractivity contribution is 6.34. The van der Waals surface area contributed by atoms with Gasteiger partial charge in [0.1, 0.15) is 5.75 Å². The van der Waals surface area contributed by atoms with Gasteiger partial charge in [0.25, 0.3) is 5.91 Å². The standard InChI is InChI=1S/C30H38ClN5O2/c1-34-11-13-35(14-12-34)10-5-15-38-27-18-23(28-24(29(27)31)19-32-30(28)37)26-17-22-16-21(6-7-25(22)33-26)20-36-8-3-2-4-9-36/h6-7,16-18,33H,2-5,8-15,19-20H2,1H3,(H,32,37). The van der Waals surface area contributed by atoms with E-state index in [1.807, 2.05) is 6.07 Å². The second kappa shape index (κ2) is 11.3. The van der Waals surface area contributed by atoms with Crippen molar-refractivity contribution in [3.05, 3.63) is 52.0 Å². The van der Waals surface area contributed by atoms with Crippen LogP contribution in [0.1, 0.15) is 47.2 Å². The van der Waals surface area contributed by atoms with E-state index in [0.29, 0.717) is 29.5 Å². The molecule has 0 bridgehead atoms. The van der Waals surface area contributed by atoms with E-state index in [0.717, 1.165) is 73.4 Å². The number of carbonyl (C=O) groups is 1. The molecule has 6 rings (SSSR count). The summed E-state index contributed by atoms with van der Waals surface area (Å²) < 4.78 is 6.22. The number of likely N-dealkylation sites (tertiary alicyclic amines) is 1. The molecule has 0 saturated carbocycles. The summed E-state index contributed by atoms with van der Waals surface area (Å²) in [6.45, 7) is 9.84. The number of hydrogen-bond donors (Lipinski definition) is 2.